The van der Waals surface area contributed by atoms with Gasteiger partial charge in [0.25, 0.3) is 5.69 Å². The molecule has 2 aromatic rings. The standard InChI is InChI=1S/C20H23N3O5/c1-3-22(4-2)19(24)18(16-11-8-12-17(13-16)23(26)27)21-20(25)28-14-15-9-6-5-7-10-15/h5-13,18H,3-4,14H2,1-2H3,(H,21,25)/t18-/m1/s1. The smallest absolute Gasteiger partial charge is 0.408 e. The highest BCUT2D eigenvalue weighted by atomic mass is 16.6. The van der Waals surface area contributed by atoms with Crippen LogP contribution in [-0.2, 0) is 16.1 Å². The molecule has 0 bridgehead atoms. The van der Waals surface area contributed by atoms with Crippen molar-refractivity contribution in [3.63, 3.8) is 0 Å². The lowest BCUT2D eigenvalue weighted by Gasteiger charge is -2.25. The Hall–Kier alpha value is -3.42. The lowest BCUT2D eigenvalue weighted by Crippen LogP contribution is -2.43. The third kappa shape index (κ3) is 5.54. The van der Waals surface area contributed by atoms with E-state index in [0.717, 1.165) is 5.56 Å². The van der Waals surface area contributed by atoms with E-state index in [1.54, 1.807) is 11.0 Å². The van der Waals surface area contributed by atoms with Gasteiger partial charge in [0.15, 0.2) is 0 Å². The second kappa shape index (κ2) is 10.1. The number of amides is 2. The van der Waals surface area contributed by atoms with E-state index in [0.29, 0.717) is 18.7 Å². The Morgan fingerprint density at radius 1 is 1.11 bits per heavy atom. The van der Waals surface area contributed by atoms with Gasteiger partial charge in [0.05, 0.1) is 4.92 Å². The van der Waals surface area contributed by atoms with Crippen molar-refractivity contribution in [3.05, 3.63) is 75.8 Å². The number of alkyl carbamates (subject to hydrolysis) is 1. The molecule has 0 fully saturated rings. The van der Waals surface area contributed by atoms with Gasteiger partial charge in [-0.3, -0.25) is 14.9 Å². The van der Waals surface area contributed by atoms with E-state index in [-0.39, 0.29) is 18.2 Å². The molecule has 2 amide bonds. The zero-order chi connectivity index (χ0) is 20.5. The number of rotatable bonds is 8. The molecule has 0 aliphatic rings. The molecule has 0 aromatic heterocycles. The number of carbonyl (C=O) groups excluding carboxylic acids is 2. The third-order valence-corrected chi connectivity index (χ3v) is 4.21. The number of hydrogen-bond donors (Lipinski definition) is 1. The molecule has 8 heteroatoms. The predicted molar refractivity (Wildman–Crippen MR) is 104 cm³/mol. The van der Waals surface area contributed by atoms with Crippen molar-refractivity contribution in [2.45, 2.75) is 26.5 Å². The molecule has 148 valence electrons. The van der Waals surface area contributed by atoms with E-state index in [4.69, 9.17) is 4.74 Å². The molecule has 0 spiro atoms. The minimum Gasteiger partial charge on any atom is -0.445 e. The predicted octanol–water partition coefficient (Wildman–Crippen LogP) is 3.43. The van der Waals surface area contributed by atoms with Crippen LogP contribution in [0.3, 0.4) is 0 Å². The van der Waals surface area contributed by atoms with Crippen molar-refractivity contribution in [3.8, 4) is 0 Å². The van der Waals surface area contributed by atoms with Crippen molar-refractivity contribution < 1.29 is 19.2 Å². The Morgan fingerprint density at radius 2 is 1.79 bits per heavy atom. The largest absolute Gasteiger partial charge is 0.445 e. The summed E-state index contributed by atoms with van der Waals surface area (Å²) in [7, 11) is 0. The fourth-order valence-corrected chi connectivity index (χ4v) is 2.71. The lowest BCUT2D eigenvalue weighted by molar-refractivity contribution is -0.384. The normalized spacial score (nSPS) is 11.4. The SMILES string of the molecule is CCN(CC)C(=O)[C@H](NC(=O)OCc1ccccc1)c1cccc([N+](=O)[O-])c1. The van der Waals surface area contributed by atoms with E-state index in [2.05, 4.69) is 5.32 Å². The van der Waals surface area contributed by atoms with E-state index in [1.165, 1.54) is 18.2 Å². The maximum absolute atomic E-state index is 12.9. The van der Waals surface area contributed by atoms with Crippen molar-refractivity contribution in [1.29, 1.82) is 0 Å². The molecule has 0 radical (unpaired) electrons. The van der Waals surface area contributed by atoms with Crippen LogP contribution in [0.5, 0.6) is 0 Å². The summed E-state index contributed by atoms with van der Waals surface area (Å²) in [6.45, 7) is 4.58. The number of ether oxygens (including phenoxy) is 1. The summed E-state index contributed by atoms with van der Waals surface area (Å²) in [6, 6.07) is 13.7. The highest BCUT2D eigenvalue weighted by Gasteiger charge is 2.28. The summed E-state index contributed by atoms with van der Waals surface area (Å²) in [6.07, 6.45) is -0.777. The number of carbonyl (C=O) groups is 2. The van der Waals surface area contributed by atoms with E-state index in [9.17, 15) is 19.7 Å². The second-order valence-corrected chi connectivity index (χ2v) is 6.00. The summed E-state index contributed by atoms with van der Waals surface area (Å²) < 4.78 is 5.20. The fraction of sp³-hybridized carbons (Fsp3) is 0.300. The van der Waals surface area contributed by atoms with Crippen LogP contribution < -0.4 is 5.32 Å². The molecule has 8 nitrogen and oxygen atoms in total. The molecule has 0 aliphatic carbocycles. The molecule has 0 aliphatic heterocycles. The van der Waals surface area contributed by atoms with Crippen molar-refractivity contribution in [2.75, 3.05) is 13.1 Å². The molecule has 0 unspecified atom stereocenters. The van der Waals surface area contributed by atoms with Gasteiger partial charge >= 0.3 is 6.09 Å². The zero-order valence-electron chi connectivity index (χ0n) is 15.8. The maximum atomic E-state index is 12.9. The molecule has 1 atom stereocenters. The number of nitro benzene ring substituents is 1. The minimum absolute atomic E-state index is 0.0494. The van der Waals surface area contributed by atoms with Gasteiger partial charge in [0, 0.05) is 25.2 Å². The van der Waals surface area contributed by atoms with Gasteiger partial charge < -0.3 is 15.0 Å². The second-order valence-electron chi connectivity index (χ2n) is 6.00. The van der Waals surface area contributed by atoms with Crippen LogP contribution in [0.15, 0.2) is 54.6 Å². The van der Waals surface area contributed by atoms with Crippen molar-refractivity contribution in [1.82, 2.24) is 10.2 Å². The molecule has 28 heavy (non-hydrogen) atoms. The molecule has 0 heterocycles. The van der Waals surface area contributed by atoms with Crippen LogP contribution in [-0.4, -0.2) is 34.9 Å². The number of benzene rings is 2. The Labute approximate surface area is 163 Å². The van der Waals surface area contributed by atoms with Gasteiger partial charge in [0.1, 0.15) is 12.6 Å². The molecule has 2 rings (SSSR count). The average molecular weight is 385 g/mol. The first kappa shape index (κ1) is 20.9. The molecular weight excluding hydrogens is 362 g/mol. The van der Waals surface area contributed by atoms with Gasteiger partial charge in [-0.1, -0.05) is 42.5 Å². The first-order valence-electron chi connectivity index (χ1n) is 8.96. The topological polar surface area (TPSA) is 102 Å². The number of likely N-dealkylation sites (N-methyl/N-ethyl adjacent to an activating group) is 1. The Balaban J connectivity index is 2.20. The van der Waals surface area contributed by atoms with Crippen LogP contribution in [0.25, 0.3) is 0 Å². The van der Waals surface area contributed by atoms with Crippen molar-refractivity contribution >= 4 is 17.7 Å². The Kier molecular flexibility index (Phi) is 7.50. The summed E-state index contributed by atoms with van der Waals surface area (Å²) >= 11 is 0. The monoisotopic (exact) mass is 385 g/mol. The van der Waals surface area contributed by atoms with Crippen LogP contribution >= 0.6 is 0 Å². The minimum atomic E-state index is -1.08. The molecule has 0 saturated heterocycles. The summed E-state index contributed by atoms with van der Waals surface area (Å²) in [5.41, 5.74) is 0.969. The number of nitrogens with one attached hydrogen (secondary N) is 1. The Bertz CT molecular complexity index is 822. The number of hydrogen-bond acceptors (Lipinski definition) is 5. The number of non-ortho nitro benzene ring substituents is 1. The molecule has 2 aromatic carbocycles. The summed E-state index contributed by atoms with van der Waals surface area (Å²) in [4.78, 5) is 37.2. The molecule has 0 saturated carbocycles. The third-order valence-electron chi connectivity index (χ3n) is 4.21. The van der Waals surface area contributed by atoms with E-state index < -0.39 is 17.1 Å². The van der Waals surface area contributed by atoms with Gasteiger partial charge in [-0.2, -0.15) is 0 Å². The fourth-order valence-electron chi connectivity index (χ4n) is 2.71. The van der Waals surface area contributed by atoms with Gasteiger partial charge in [-0.05, 0) is 25.0 Å². The van der Waals surface area contributed by atoms with E-state index in [1.807, 2.05) is 44.2 Å². The lowest BCUT2D eigenvalue weighted by atomic mass is 10.0. The van der Waals surface area contributed by atoms with Crippen LogP contribution in [0.4, 0.5) is 10.5 Å². The highest BCUT2D eigenvalue weighted by Crippen LogP contribution is 2.21. The maximum Gasteiger partial charge on any atom is 0.408 e. The number of nitro groups is 1. The van der Waals surface area contributed by atoms with Crippen LogP contribution in [0.1, 0.15) is 31.0 Å². The van der Waals surface area contributed by atoms with E-state index >= 15 is 0 Å². The molecule has 1 N–H and O–H groups in total. The van der Waals surface area contributed by atoms with Gasteiger partial charge in [0.2, 0.25) is 5.91 Å². The van der Waals surface area contributed by atoms with Crippen LogP contribution in [0.2, 0.25) is 0 Å². The van der Waals surface area contributed by atoms with Crippen LogP contribution in [0, 0.1) is 10.1 Å². The number of nitrogens with zero attached hydrogens (tertiary/aromatic N) is 2. The highest BCUT2D eigenvalue weighted by molar-refractivity contribution is 5.87. The summed E-state index contributed by atoms with van der Waals surface area (Å²) in [5, 5.41) is 13.6. The zero-order valence-corrected chi connectivity index (χ0v) is 15.8. The quantitative estimate of drug-likeness (QED) is 0.554. The Morgan fingerprint density at radius 3 is 2.39 bits per heavy atom. The average Bonchev–Trinajstić information content (AvgIpc) is 2.72. The molecular formula is C20H23N3O5. The summed E-state index contributed by atoms with van der Waals surface area (Å²) in [5.74, 6) is -0.359. The van der Waals surface area contributed by atoms with Gasteiger partial charge in [-0.25, -0.2) is 4.79 Å². The first-order chi connectivity index (χ1) is 13.5. The first-order valence-corrected chi connectivity index (χ1v) is 8.96. The van der Waals surface area contributed by atoms with Crippen molar-refractivity contribution in [2.24, 2.45) is 0 Å². The van der Waals surface area contributed by atoms with Gasteiger partial charge in [-0.15, -0.1) is 0 Å².